The summed E-state index contributed by atoms with van der Waals surface area (Å²) in [7, 11) is 1.37. The first-order chi connectivity index (χ1) is 9.24. The third-order valence-corrected chi connectivity index (χ3v) is 3.74. The van der Waals surface area contributed by atoms with E-state index in [1.165, 1.54) is 7.11 Å². The maximum atomic E-state index is 11.3. The maximum Gasteiger partial charge on any atom is 0.354 e. The SMILES string of the molecule is CCC(NCc1ccc(C(=O)OC)[nH]1)c1nccs1. The van der Waals surface area contributed by atoms with E-state index in [0.717, 1.165) is 17.1 Å². The van der Waals surface area contributed by atoms with Crippen LogP contribution in [0, 0.1) is 0 Å². The highest BCUT2D eigenvalue weighted by molar-refractivity contribution is 7.09. The molecular weight excluding hydrogens is 262 g/mol. The first kappa shape index (κ1) is 13.8. The standard InChI is InChI=1S/C13H17N3O2S/c1-3-10(12-14-6-7-19-12)15-8-9-4-5-11(16-9)13(17)18-2/h4-7,10,15-16H,3,8H2,1-2H3. The molecule has 1 unspecified atom stereocenters. The minimum atomic E-state index is -0.349. The van der Waals surface area contributed by atoms with Crippen molar-refractivity contribution in [2.45, 2.75) is 25.9 Å². The van der Waals surface area contributed by atoms with Gasteiger partial charge in [-0.05, 0) is 18.6 Å². The van der Waals surface area contributed by atoms with Crippen LogP contribution in [0.2, 0.25) is 0 Å². The van der Waals surface area contributed by atoms with E-state index in [9.17, 15) is 4.79 Å². The molecule has 5 nitrogen and oxygen atoms in total. The number of esters is 1. The summed E-state index contributed by atoms with van der Waals surface area (Å²) in [5, 5.41) is 6.48. The molecule has 0 radical (unpaired) electrons. The molecule has 0 fully saturated rings. The number of methoxy groups -OCH3 is 1. The van der Waals surface area contributed by atoms with Crippen molar-refractivity contribution in [3.8, 4) is 0 Å². The number of hydrogen-bond acceptors (Lipinski definition) is 5. The quantitative estimate of drug-likeness (QED) is 0.797. The molecule has 2 heterocycles. The number of aromatic nitrogens is 2. The summed E-state index contributed by atoms with van der Waals surface area (Å²) in [6.45, 7) is 2.78. The van der Waals surface area contributed by atoms with Crippen molar-refractivity contribution in [1.29, 1.82) is 0 Å². The Morgan fingerprint density at radius 3 is 3.05 bits per heavy atom. The zero-order valence-electron chi connectivity index (χ0n) is 11.0. The lowest BCUT2D eigenvalue weighted by Crippen LogP contribution is -2.20. The number of nitrogens with one attached hydrogen (secondary N) is 2. The van der Waals surface area contributed by atoms with Gasteiger partial charge in [-0.3, -0.25) is 0 Å². The Labute approximate surface area is 116 Å². The molecule has 0 aromatic carbocycles. The van der Waals surface area contributed by atoms with Crippen LogP contribution in [0.5, 0.6) is 0 Å². The molecule has 0 bridgehead atoms. The highest BCUT2D eigenvalue weighted by Crippen LogP contribution is 2.19. The molecule has 102 valence electrons. The average Bonchev–Trinajstić information content (AvgIpc) is 3.09. The normalized spacial score (nSPS) is 12.3. The molecule has 2 rings (SSSR count). The lowest BCUT2D eigenvalue weighted by Gasteiger charge is -2.13. The van der Waals surface area contributed by atoms with Gasteiger partial charge in [0.2, 0.25) is 0 Å². The number of rotatable bonds is 6. The minimum absolute atomic E-state index is 0.241. The molecule has 0 aliphatic heterocycles. The van der Waals surface area contributed by atoms with Crippen LogP contribution < -0.4 is 5.32 Å². The second kappa shape index (κ2) is 6.49. The van der Waals surface area contributed by atoms with Crippen molar-refractivity contribution >= 4 is 17.3 Å². The van der Waals surface area contributed by atoms with E-state index >= 15 is 0 Å². The molecular formula is C13H17N3O2S. The Balaban J connectivity index is 1.94. The molecule has 19 heavy (non-hydrogen) atoms. The van der Waals surface area contributed by atoms with Gasteiger partial charge in [0.15, 0.2) is 0 Å². The number of nitrogens with zero attached hydrogens (tertiary/aromatic N) is 1. The van der Waals surface area contributed by atoms with Crippen LogP contribution in [-0.4, -0.2) is 23.0 Å². The Morgan fingerprint density at radius 1 is 1.58 bits per heavy atom. The number of H-pyrrole nitrogens is 1. The van der Waals surface area contributed by atoms with E-state index in [1.54, 1.807) is 17.4 Å². The predicted octanol–water partition coefficient (Wildman–Crippen LogP) is 2.50. The van der Waals surface area contributed by atoms with Gasteiger partial charge in [0, 0.05) is 23.8 Å². The lowest BCUT2D eigenvalue weighted by atomic mass is 10.2. The molecule has 2 aromatic rings. The summed E-state index contributed by atoms with van der Waals surface area (Å²) in [5.74, 6) is -0.349. The Kier molecular flexibility index (Phi) is 4.70. The highest BCUT2D eigenvalue weighted by atomic mass is 32.1. The fourth-order valence-corrected chi connectivity index (χ4v) is 2.62. The van der Waals surface area contributed by atoms with Gasteiger partial charge >= 0.3 is 5.97 Å². The van der Waals surface area contributed by atoms with Gasteiger partial charge in [0.1, 0.15) is 10.7 Å². The van der Waals surface area contributed by atoms with Crippen LogP contribution in [-0.2, 0) is 11.3 Å². The van der Waals surface area contributed by atoms with E-state index < -0.39 is 0 Å². The van der Waals surface area contributed by atoms with E-state index in [1.807, 2.05) is 17.6 Å². The number of aromatic amines is 1. The largest absolute Gasteiger partial charge is 0.464 e. The second-order valence-electron chi connectivity index (χ2n) is 4.10. The van der Waals surface area contributed by atoms with Gasteiger partial charge in [-0.15, -0.1) is 11.3 Å². The molecule has 0 aliphatic carbocycles. The maximum absolute atomic E-state index is 11.3. The first-order valence-corrected chi connectivity index (χ1v) is 7.01. The number of carbonyl (C=O) groups is 1. The van der Waals surface area contributed by atoms with Crippen LogP contribution >= 0.6 is 11.3 Å². The fourth-order valence-electron chi connectivity index (χ4n) is 1.82. The number of hydrogen-bond donors (Lipinski definition) is 2. The van der Waals surface area contributed by atoms with Crippen molar-refractivity contribution in [2.24, 2.45) is 0 Å². The molecule has 6 heteroatoms. The fraction of sp³-hybridized carbons (Fsp3) is 0.385. The summed E-state index contributed by atoms with van der Waals surface area (Å²) >= 11 is 1.65. The number of thiazole rings is 1. The molecule has 2 N–H and O–H groups in total. The molecule has 0 aliphatic rings. The van der Waals surface area contributed by atoms with Gasteiger partial charge in [-0.1, -0.05) is 6.92 Å². The van der Waals surface area contributed by atoms with Gasteiger partial charge in [0.05, 0.1) is 13.2 Å². The first-order valence-electron chi connectivity index (χ1n) is 6.13. The molecule has 1 atom stereocenters. The van der Waals surface area contributed by atoms with Crippen LogP contribution in [0.15, 0.2) is 23.7 Å². The Morgan fingerprint density at radius 2 is 2.42 bits per heavy atom. The van der Waals surface area contributed by atoms with E-state index in [-0.39, 0.29) is 12.0 Å². The van der Waals surface area contributed by atoms with Gasteiger partial charge in [-0.25, -0.2) is 9.78 Å². The summed E-state index contributed by atoms with van der Waals surface area (Å²) in [5.41, 5.74) is 1.43. The zero-order chi connectivity index (χ0) is 13.7. The van der Waals surface area contributed by atoms with E-state index in [0.29, 0.717) is 12.2 Å². The smallest absolute Gasteiger partial charge is 0.354 e. The summed E-state index contributed by atoms with van der Waals surface area (Å²) in [6.07, 6.45) is 2.78. The third-order valence-electron chi connectivity index (χ3n) is 2.85. The average molecular weight is 279 g/mol. The number of ether oxygens (including phenoxy) is 1. The van der Waals surface area contributed by atoms with Crippen LogP contribution in [0.3, 0.4) is 0 Å². The van der Waals surface area contributed by atoms with Crippen molar-refractivity contribution < 1.29 is 9.53 Å². The molecule has 0 amide bonds. The minimum Gasteiger partial charge on any atom is -0.464 e. The van der Waals surface area contributed by atoms with Crippen LogP contribution in [0.4, 0.5) is 0 Å². The van der Waals surface area contributed by atoms with Gasteiger partial charge in [0.25, 0.3) is 0 Å². The van der Waals surface area contributed by atoms with Crippen molar-refractivity contribution in [3.63, 3.8) is 0 Å². The lowest BCUT2D eigenvalue weighted by molar-refractivity contribution is 0.0594. The topological polar surface area (TPSA) is 67.0 Å². The summed E-state index contributed by atoms with van der Waals surface area (Å²) in [6, 6.07) is 3.85. The summed E-state index contributed by atoms with van der Waals surface area (Å²) < 4.78 is 4.66. The number of carbonyl (C=O) groups excluding carboxylic acids is 1. The highest BCUT2D eigenvalue weighted by Gasteiger charge is 2.12. The Bertz CT molecular complexity index is 522. The van der Waals surface area contributed by atoms with Crippen molar-refractivity contribution in [1.82, 2.24) is 15.3 Å². The molecule has 0 saturated carbocycles. The van der Waals surface area contributed by atoms with Crippen molar-refractivity contribution in [2.75, 3.05) is 7.11 Å². The molecule has 0 saturated heterocycles. The molecule has 0 spiro atoms. The predicted molar refractivity (Wildman–Crippen MR) is 74.1 cm³/mol. The van der Waals surface area contributed by atoms with E-state index in [2.05, 4.69) is 26.9 Å². The van der Waals surface area contributed by atoms with E-state index in [4.69, 9.17) is 0 Å². The summed E-state index contributed by atoms with van der Waals surface area (Å²) in [4.78, 5) is 18.7. The second-order valence-corrected chi connectivity index (χ2v) is 5.03. The van der Waals surface area contributed by atoms with Crippen LogP contribution in [0.25, 0.3) is 0 Å². The van der Waals surface area contributed by atoms with Crippen molar-refractivity contribution in [3.05, 3.63) is 40.1 Å². The van der Waals surface area contributed by atoms with Gasteiger partial charge in [-0.2, -0.15) is 0 Å². The van der Waals surface area contributed by atoms with Gasteiger partial charge < -0.3 is 15.0 Å². The van der Waals surface area contributed by atoms with Crippen LogP contribution in [0.1, 0.15) is 40.6 Å². The zero-order valence-corrected chi connectivity index (χ0v) is 11.8. The monoisotopic (exact) mass is 279 g/mol. The Hall–Kier alpha value is -1.66. The third kappa shape index (κ3) is 3.42. The molecule has 2 aromatic heterocycles.